The molecule has 0 saturated carbocycles. The number of para-hydroxylation sites is 8. The van der Waals surface area contributed by atoms with Crippen LogP contribution in [0.4, 0.5) is 34.1 Å². The van der Waals surface area contributed by atoms with Crippen LogP contribution in [-0.2, 0) is 0 Å². The molecule has 0 unspecified atom stereocenters. The number of anilines is 6. The summed E-state index contributed by atoms with van der Waals surface area (Å²) in [5.41, 5.74) is 20.7. The molecular formula is C72H52N2O4Si2. The van der Waals surface area contributed by atoms with Gasteiger partial charge in [-0.25, -0.2) is 0 Å². The summed E-state index contributed by atoms with van der Waals surface area (Å²) in [6, 6.07) is 74.6. The minimum absolute atomic E-state index is 0.855. The maximum Gasteiger partial charge on any atom is 0.159 e. The van der Waals surface area contributed by atoms with Crippen LogP contribution in [0.25, 0.3) is 110 Å². The van der Waals surface area contributed by atoms with Crippen LogP contribution < -0.4 is 30.5 Å². The normalized spacial score (nSPS) is 14.1. The number of furan rings is 4. The van der Waals surface area contributed by atoms with Crippen LogP contribution >= 0.6 is 0 Å². The fourth-order valence-electron chi connectivity index (χ4n) is 14.4. The van der Waals surface area contributed by atoms with Crippen LogP contribution in [-0.4, -0.2) is 16.1 Å². The molecule has 11 aromatic carbocycles. The summed E-state index contributed by atoms with van der Waals surface area (Å²) in [4.78, 5) is 4.92. The number of fused-ring (bicyclic) bond motifs is 21. The van der Waals surface area contributed by atoms with Gasteiger partial charge in [0.05, 0.1) is 33.5 Å². The largest absolute Gasteiger partial charge is 0.455 e. The van der Waals surface area contributed by atoms with Gasteiger partial charge in [0.25, 0.3) is 0 Å². The van der Waals surface area contributed by atoms with Gasteiger partial charge in [0.15, 0.2) is 11.2 Å². The van der Waals surface area contributed by atoms with E-state index in [1.807, 2.05) is 0 Å². The van der Waals surface area contributed by atoms with Gasteiger partial charge in [-0.05, 0) is 118 Å². The average Bonchev–Trinajstić information content (AvgIpc) is 3.47. The molecule has 80 heavy (non-hydrogen) atoms. The zero-order chi connectivity index (χ0) is 53.5. The summed E-state index contributed by atoms with van der Waals surface area (Å²) in [7, 11) is -5.26. The third-order valence-corrected chi connectivity index (χ3v) is 25.3. The molecular weight excluding hydrogens is 1010 g/mol. The molecule has 0 amide bonds. The van der Waals surface area contributed by atoms with Gasteiger partial charge in [0.1, 0.15) is 49.6 Å². The first kappa shape index (κ1) is 45.7. The van der Waals surface area contributed by atoms with Gasteiger partial charge in [-0.1, -0.05) is 172 Å². The summed E-state index contributed by atoms with van der Waals surface area (Å²) in [6.45, 7) is 14.8. The molecule has 4 aromatic heterocycles. The molecule has 2 aliphatic heterocycles. The standard InChI is InChI=1S/C72H52N2O4Si2/c1-41-21-7-13-29-51(41)73(53-31-19-27-45-43-23-9-15-33-57(43)75-67(45)53)55-39-61-65(69-63(55)47-25-11-17-35-59(47)77-69)49-37-38-50-66-62(80(5,6)72(50)71(49)79(61,3)4)40-56(64-48-26-12-18-36-60(48)78-70(64)66)74(52-30-14-8-22-42(52)2)54-32-20-28-46-44-24-10-16-34-58(44)76-68(46)54/h7-40H,1-6H3. The van der Waals surface area contributed by atoms with Crippen molar-refractivity contribution in [3.8, 4) is 22.3 Å². The lowest BCUT2D eigenvalue weighted by atomic mass is 9.96. The van der Waals surface area contributed by atoms with E-state index in [-0.39, 0.29) is 0 Å². The Balaban J connectivity index is 0.937. The van der Waals surface area contributed by atoms with Gasteiger partial charge in [-0.3, -0.25) is 0 Å². The highest BCUT2D eigenvalue weighted by Crippen LogP contribution is 2.53. The molecule has 15 aromatic rings. The van der Waals surface area contributed by atoms with Crippen LogP contribution in [0.5, 0.6) is 0 Å². The van der Waals surface area contributed by atoms with Crippen LogP contribution in [0.3, 0.4) is 0 Å². The number of hydrogen-bond acceptors (Lipinski definition) is 6. The Labute approximate surface area is 463 Å². The van der Waals surface area contributed by atoms with Crippen molar-refractivity contribution in [3.63, 3.8) is 0 Å². The van der Waals surface area contributed by atoms with E-state index in [2.05, 4.69) is 256 Å². The lowest BCUT2D eigenvalue weighted by Crippen LogP contribution is -2.63. The van der Waals surface area contributed by atoms with Crippen molar-refractivity contribution in [1.29, 1.82) is 0 Å². The van der Waals surface area contributed by atoms with E-state index < -0.39 is 16.1 Å². The summed E-state index contributed by atoms with van der Waals surface area (Å²) in [5, 5.41) is 14.5. The molecule has 6 nitrogen and oxygen atoms in total. The van der Waals surface area contributed by atoms with E-state index in [0.717, 1.165) is 133 Å². The molecule has 0 N–H and O–H groups in total. The first-order chi connectivity index (χ1) is 39.1. The molecule has 8 heteroatoms. The Morgan fingerprint density at radius 1 is 0.300 bits per heavy atom. The second-order valence-electron chi connectivity index (χ2n) is 23.1. The number of nitrogens with zero attached hydrogens (tertiary/aromatic N) is 2. The minimum Gasteiger partial charge on any atom is -0.455 e. The van der Waals surface area contributed by atoms with E-state index in [1.165, 1.54) is 43.0 Å². The van der Waals surface area contributed by atoms with Crippen molar-refractivity contribution in [2.75, 3.05) is 9.80 Å². The zero-order valence-corrected chi connectivity index (χ0v) is 47.2. The maximum absolute atomic E-state index is 7.34. The van der Waals surface area contributed by atoms with Gasteiger partial charge in [-0.2, -0.15) is 0 Å². The lowest BCUT2D eigenvalue weighted by molar-refractivity contribution is 0.668. The SMILES string of the molecule is Cc1ccccc1N(c1cccc2c1oc1ccccc12)c1cc2c(c3oc4ccccc4c13)-c1ccc3c(c1[Si]2(C)C)[Si](C)(C)c1cc(N(c2ccccc2C)c2cccc4c2oc2ccccc24)c2c(oc4ccccc42)c1-3. The smallest absolute Gasteiger partial charge is 0.159 e. The number of benzene rings is 11. The summed E-state index contributed by atoms with van der Waals surface area (Å²) >= 11 is 0. The summed E-state index contributed by atoms with van der Waals surface area (Å²) in [5.74, 6) is 0. The van der Waals surface area contributed by atoms with Crippen molar-refractivity contribution < 1.29 is 17.7 Å². The molecule has 17 rings (SSSR count). The fraction of sp³-hybridized carbons (Fsp3) is 0.0833. The van der Waals surface area contributed by atoms with Crippen molar-refractivity contribution in [2.45, 2.75) is 40.0 Å². The molecule has 6 heterocycles. The Hall–Kier alpha value is -9.35. The van der Waals surface area contributed by atoms with Gasteiger partial charge >= 0.3 is 0 Å². The van der Waals surface area contributed by atoms with Crippen molar-refractivity contribution in [2.24, 2.45) is 0 Å². The first-order valence-electron chi connectivity index (χ1n) is 27.7. The highest BCUT2D eigenvalue weighted by molar-refractivity contribution is 7.13. The zero-order valence-electron chi connectivity index (χ0n) is 45.2. The predicted octanol–water partition coefficient (Wildman–Crippen LogP) is 18.4. The highest BCUT2D eigenvalue weighted by atomic mass is 28.3. The molecule has 0 bridgehead atoms. The van der Waals surface area contributed by atoms with Gasteiger partial charge < -0.3 is 27.5 Å². The number of hydrogen-bond donors (Lipinski definition) is 0. The van der Waals surface area contributed by atoms with E-state index in [9.17, 15) is 0 Å². The quantitative estimate of drug-likeness (QED) is 0.155. The summed E-state index contributed by atoms with van der Waals surface area (Å²) in [6.07, 6.45) is 0. The Morgan fingerprint density at radius 2 is 0.625 bits per heavy atom. The molecule has 0 fully saturated rings. The monoisotopic (exact) mass is 1060 g/mol. The minimum atomic E-state index is -2.63. The molecule has 382 valence electrons. The molecule has 0 radical (unpaired) electrons. The van der Waals surface area contributed by atoms with Crippen molar-refractivity contribution in [3.05, 3.63) is 217 Å². The third-order valence-electron chi connectivity index (χ3n) is 18.0. The van der Waals surface area contributed by atoms with E-state index in [0.29, 0.717) is 0 Å². The third kappa shape index (κ3) is 5.96. The highest BCUT2D eigenvalue weighted by Gasteiger charge is 2.50. The van der Waals surface area contributed by atoms with Crippen molar-refractivity contribution in [1.82, 2.24) is 0 Å². The number of rotatable bonds is 6. The molecule has 0 saturated heterocycles. The van der Waals surface area contributed by atoms with Gasteiger partial charge in [-0.15, -0.1) is 0 Å². The van der Waals surface area contributed by atoms with Crippen molar-refractivity contribution >= 4 is 159 Å². The second kappa shape index (κ2) is 16.1. The molecule has 0 aliphatic carbocycles. The van der Waals surface area contributed by atoms with Crippen LogP contribution in [0.1, 0.15) is 11.1 Å². The van der Waals surface area contributed by atoms with E-state index in [1.54, 1.807) is 0 Å². The predicted molar refractivity (Wildman–Crippen MR) is 339 cm³/mol. The number of aryl methyl sites for hydroxylation is 2. The fourth-order valence-corrected chi connectivity index (χ4v) is 22.9. The van der Waals surface area contributed by atoms with E-state index >= 15 is 0 Å². The van der Waals surface area contributed by atoms with Crippen LogP contribution in [0, 0.1) is 13.8 Å². The first-order valence-corrected chi connectivity index (χ1v) is 33.7. The molecule has 0 atom stereocenters. The Morgan fingerprint density at radius 3 is 1.04 bits per heavy atom. The maximum atomic E-state index is 7.34. The average molecular weight is 1070 g/mol. The van der Waals surface area contributed by atoms with Crippen LogP contribution in [0.15, 0.2) is 224 Å². The lowest BCUT2D eigenvalue weighted by Gasteiger charge is -2.31. The Kier molecular flexibility index (Phi) is 9.21. The summed E-state index contributed by atoms with van der Waals surface area (Å²) < 4.78 is 28.5. The molecule has 0 spiro atoms. The topological polar surface area (TPSA) is 59.0 Å². The second-order valence-corrected chi connectivity index (χ2v) is 31.7. The van der Waals surface area contributed by atoms with E-state index in [4.69, 9.17) is 17.7 Å². The Bertz CT molecular complexity index is 4880. The van der Waals surface area contributed by atoms with Gasteiger partial charge in [0, 0.05) is 54.8 Å². The van der Waals surface area contributed by atoms with Crippen LogP contribution in [0.2, 0.25) is 26.2 Å². The molecule has 2 aliphatic rings. The van der Waals surface area contributed by atoms with Gasteiger partial charge in [0.2, 0.25) is 0 Å².